The molecular formula is C5H16N2O6P2. The molecule has 0 aliphatic heterocycles. The topological polar surface area (TPSA) is 148 Å². The van der Waals surface area contributed by atoms with Crippen molar-refractivity contribution in [2.24, 2.45) is 11.5 Å². The molecule has 92 valence electrons. The molecule has 3 unspecified atom stereocenters. The summed E-state index contributed by atoms with van der Waals surface area (Å²) in [5.74, 6) is 0. The zero-order valence-corrected chi connectivity index (χ0v) is 9.84. The minimum absolute atomic E-state index is 0.336. The predicted octanol–water partition coefficient (Wildman–Crippen LogP) is -0.647. The zero-order chi connectivity index (χ0) is 11.8. The third-order valence-corrected chi connectivity index (χ3v) is 2.42. The quantitative estimate of drug-likeness (QED) is 0.286. The van der Waals surface area contributed by atoms with Gasteiger partial charge in [0.15, 0.2) is 0 Å². The lowest BCUT2D eigenvalue weighted by molar-refractivity contribution is 0.149. The van der Waals surface area contributed by atoms with E-state index in [1.807, 2.05) is 0 Å². The molecule has 0 aliphatic rings. The maximum Gasteiger partial charge on any atom is 0.328 e. The second-order valence-electron chi connectivity index (χ2n) is 2.75. The Balaban J connectivity index is 3.48. The molecule has 0 aromatic heterocycles. The summed E-state index contributed by atoms with van der Waals surface area (Å²) < 4.78 is 19.1. The summed E-state index contributed by atoms with van der Waals surface area (Å²) in [6, 6.07) is 0. The molecule has 0 amide bonds. The molecule has 0 radical (unpaired) electrons. The van der Waals surface area contributed by atoms with Gasteiger partial charge in [-0.05, 0) is 19.3 Å². The van der Waals surface area contributed by atoms with E-state index in [0.29, 0.717) is 19.3 Å². The highest BCUT2D eigenvalue weighted by Gasteiger charge is 2.10. The number of nitrogens with two attached hydrogens (primary N) is 2. The summed E-state index contributed by atoms with van der Waals surface area (Å²) in [6.07, 6.45) is -0.435. The van der Waals surface area contributed by atoms with Crippen molar-refractivity contribution in [1.82, 2.24) is 0 Å². The summed E-state index contributed by atoms with van der Waals surface area (Å²) in [7, 11) is -5.47. The van der Waals surface area contributed by atoms with Crippen molar-refractivity contribution >= 4 is 16.9 Å². The van der Waals surface area contributed by atoms with Gasteiger partial charge in [0.25, 0.3) is 0 Å². The monoisotopic (exact) mass is 262 g/mol. The molecule has 3 atom stereocenters. The van der Waals surface area contributed by atoms with Gasteiger partial charge < -0.3 is 26.1 Å². The van der Waals surface area contributed by atoms with Crippen LogP contribution in [0.15, 0.2) is 0 Å². The summed E-state index contributed by atoms with van der Waals surface area (Å²) in [5.41, 5.74) is 10.7. The van der Waals surface area contributed by atoms with Crippen molar-refractivity contribution in [3.05, 3.63) is 0 Å². The van der Waals surface area contributed by atoms with E-state index in [-0.39, 0.29) is 0 Å². The van der Waals surface area contributed by atoms with Gasteiger partial charge in [0.2, 0.25) is 0 Å². The summed E-state index contributed by atoms with van der Waals surface area (Å²) >= 11 is 0. The standard InChI is InChI=1S/C5H16N2O6P2/c6-4(12-14(8)9)2-1-3-5(7)13-15(10)11/h4-5,8-9,15H,1-3,6-7H2,(H,10,11). The normalized spacial score (nSPS) is 17.7. The predicted molar refractivity (Wildman–Crippen MR) is 54.5 cm³/mol. The fourth-order valence-electron chi connectivity index (χ4n) is 0.882. The van der Waals surface area contributed by atoms with Crippen molar-refractivity contribution in [2.75, 3.05) is 0 Å². The Morgan fingerprint density at radius 2 is 1.80 bits per heavy atom. The smallest absolute Gasteiger partial charge is 0.328 e. The molecule has 0 aliphatic carbocycles. The van der Waals surface area contributed by atoms with Gasteiger partial charge >= 0.3 is 16.9 Å². The van der Waals surface area contributed by atoms with Gasteiger partial charge in [-0.1, -0.05) is 0 Å². The van der Waals surface area contributed by atoms with Crippen molar-refractivity contribution in [1.29, 1.82) is 0 Å². The lowest BCUT2D eigenvalue weighted by Gasteiger charge is -2.14. The second kappa shape index (κ2) is 8.52. The highest BCUT2D eigenvalue weighted by atomic mass is 31.2. The molecule has 0 saturated heterocycles. The molecule has 0 saturated carbocycles. The fraction of sp³-hybridized carbons (Fsp3) is 1.00. The van der Waals surface area contributed by atoms with E-state index >= 15 is 0 Å². The summed E-state index contributed by atoms with van der Waals surface area (Å²) in [4.78, 5) is 25.3. The summed E-state index contributed by atoms with van der Waals surface area (Å²) in [5, 5.41) is 0. The highest BCUT2D eigenvalue weighted by Crippen LogP contribution is 2.27. The van der Waals surface area contributed by atoms with Gasteiger partial charge in [-0.3, -0.25) is 13.6 Å². The van der Waals surface area contributed by atoms with E-state index in [9.17, 15) is 4.57 Å². The highest BCUT2D eigenvalue weighted by molar-refractivity contribution is 7.39. The van der Waals surface area contributed by atoms with Crippen LogP contribution in [0, 0.1) is 0 Å². The number of hydrogen-bond acceptors (Lipinski definition) is 7. The molecule has 10 heteroatoms. The van der Waals surface area contributed by atoms with Crippen LogP contribution < -0.4 is 11.5 Å². The maximum atomic E-state index is 10.2. The molecule has 0 bridgehead atoms. The first-order valence-corrected chi connectivity index (χ1v) is 6.60. The Labute approximate surface area is 89.1 Å². The van der Waals surface area contributed by atoms with E-state index < -0.39 is 29.3 Å². The van der Waals surface area contributed by atoms with E-state index in [2.05, 4.69) is 9.05 Å². The third-order valence-electron chi connectivity index (χ3n) is 1.46. The van der Waals surface area contributed by atoms with Crippen LogP contribution in [-0.4, -0.2) is 27.1 Å². The number of rotatable bonds is 8. The van der Waals surface area contributed by atoms with E-state index in [4.69, 9.17) is 26.1 Å². The number of hydrogen-bond donors (Lipinski definition) is 5. The molecule has 0 fully saturated rings. The van der Waals surface area contributed by atoms with Crippen molar-refractivity contribution in [3.8, 4) is 0 Å². The first-order chi connectivity index (χ1) is 6.91. The third kappa shape index (κ3) is 10.7. The zero-order valence-electron chi connectivity index (χ0n) is 7.94. The molecule has 0 heterocycles. The summed E-state index contributed by atoms with van der Waals surface area (Å²) in [6.45, 7) is 0. The largest absolute Gasteiger partial charge is 0.328 e. The van der Waals surface area contributed by atoms with Crippen LogP contribution in [0.25, 0.3) is 0 Å². The first kappa shape index (κ1) is 15.4. The molecule has 7 N–H and O–H groups in total. The van der Waals surface area contributed by atoms with Gasteiger partial charge in [0.1, 0.15) is 12.5 Å². The SMILES string of the molecule is NC(CCCC(N)O[PH](=O)O)OP(O)O. The Hall–Kier alpha value is 0.380. The Bertz CT molecular complexity index is 194. The van der Waals surface area contributed by atoms with Crippen LogP contribution in [0.5, 0.6) is 0 Å². The van der Waals surface area contributed by atoms with Crippen LogP contribution in [0.3, 0.4) is 0 Å². The lowest BCUT2D eigenvalue weighted by atomic mass is 10.2. The Kier molecular flexibility index (Phi) is 8.74. The fourth-order valence-corrected chi connectivity index (χ4v) is 1.61. The average molecular weight is 262 g/mol. The molecule has 0 rings (SSSR count). The molecule has 0 spiro atoms. The molecule has 0 aromatic rings. The van der Waals surface area contributed by atoms with Gasteiger partial charge in [0, 0.05) is 0 Å². The van der Waals surface area contributed by atoms with Gasteiger partial charge in [0.05, 0.1) is 0 Å². The first-order valence-electron chi connectivity index (χ1n) is 4.17. The van der Waals surface area contributed by atoms with Crippen molar-refractivity contribution in [2.45, 2.75) is 31.7 Å². The van der Waals surface area contributed by atoms with Gasteiger partial charge in [-0.2, -0.15) is 0 Å². The van der Waals surface area contributed by atoms with Crippen LogP contribution in [0.2, 0.25) is 0 Å². The van der Waals surface area contributed by atoms with Crippen LogP contribution in [-0.2, 0) is 13.6 Å². The van der Waals surface area contributed by atoms with Crippen molar-refractivity contribution < 1.29 is 28.3 Å². The van der Waals surface area contributed by atoms with Crippen LogP contribution >= 0.6 is 16.9 Å². The minimum Gasteiger partial charge on any atom is -0.328 e. The van der Waals surface area contributed by atoms with Crippen molar-refractivity contribution in [3.63, 3.8) is 0 Å². The maximum absolute atomic E-state index is 10.2. The average Bonchev–Trinajstić information content (AvgIpc) is 2.00. The molecular weight excluding hydrogens is 246 g/mol. The second-order valence-corrected chi connectivity index (χ2v) is 4.23. The van der Waals surface area contributed by atoms with E-state index in [1.165, 1.54) is 0 Å². The van der Waals surface area contributed by atoms with Gasteiger partial charge in [-0.15, -0.1) is 0 Å². The Morgan fingerprint density at radius 1 is 1.27 bits per heavy atom. The minimum atomic E-state index is -3.02. The molecule has 15 heavy (non-hydrogen) atoms. The van der Waals surface area contributed by atoms with Crippen LogP contribution in [0.4, 0.5) is 0 Å². The lowest BCUT2D eigenvalue weighted by Crippen LogP contribution is -2.24. The molecule has 8 nitrogen and oxygen atoms in total. The van der Waals surface area contributed by atoms with Gasteiger partial charge in [-0.25, -0.2) is 0 Å². The Morgan fingerprint density at radius 3 is 2.27 bits per heavy atom. The molecule has 0 aromatic carbocycles. The van der Waals surface area contributed by atoms with Crippen LogP contribution in [0.1, 0.15) is 19.3 Å². The van der Waals surface area contributed by atoms with E-state index in [0.717, 1.165) is 0 Å². The van der Waals surface area contributed by atoms with E-state index in [1.54, 1.807) is 0 Å².